The van der Waals surface area contributed by atoms with E-state index in [1.165, 1.54) is 23.5 Å². The minimum absolute atomic E-state index is 0.108. The van der Waals surface area contributed by atoms with Crippen LogP contribution in [-0.4, -0.2) is 18.0 Å². The number of nitrogens with zero attached hydrogens (tertiary/aromatic N) is 1. The van der Waals surface area contributed by atoms with Gasteiger partial charge in [-0.3, -0.25) is 4.79 Å². The van der Waals surface area contributed by atoms with Crippen LogP contribution in [0.2, 0.25) is 0 Å². The van der Waals surface area contributed by atoms with E-state index in [4.69, 9.17) is 4.74 Å². The zero-order chi connectivity index (χ0) is 15.5. The SMILES string of the molecule is COc1ccc2nc(NC(=O)Cc3cccc(F)c3)sc2c1. The zero-order valence-corrected chi connectivity index (χ0v) is 12.6. The Labute approximate surface area is 130 Å². The average Bonchev–Trinajstić information content (AvgIpc) is 2.87. The Balaban J connectivity index is 1.73. The van der Waals surface area contributed by atoms with Crippen molar-refractivity contribution in [1.29, 1.82) is 0 Å². The van der Waals surface area contributed by atoms with E-state index in [9.17, 15) is 9.18 Å². The predicted octanol–water partition coefficient (Wildman–Crippen LogP) is 3.63. The van der Waals surface area contributed by atoms with Crippen LogP contribution in [0.3, 0.4) is 0 Å². The molecule has 0 aliphatic carbocycles. The third kappa shape index (κ3) is 3.23. The molecule has 0 aliphatic heterocycles. The van der Waals surface area contributed by atoms with E-state index in [1.54, 1.807) is 19.2 Å². The molecule has 0 radical (unpaired) electrons. The molecule has 0 saturated heterocycles. The number of rotatable bonds is 4. The molecule has 6 heteroatoms. The number of benzene rings is 2. The Morgan fingerprint density at radius 2 is 2.18 bits per heavy atom. The van der Waals surface area contributed by atoms with Gasteiger partial charge in [0.1, 0.15) is 11.6 Å². The molecule has 3 rings (SSSR count). The van der Waals surface area contributed by atoms with Gasteiger partial charge in [-0.2, -0.15) is 0 Å². The van der Waals surface area contributed by atoms with E-state index >= 15 is 0 Å². The van der Waals surface area contributed by atoms with Crippen molar-refractivity contribution in [2.45, 2.75) is 6.42 Å². The van der Waals surface area contributed by atoms with Gasteiger partial charge in [-0.25, -0.2) is 9.37 Å². The van der Waals surface area contributed by atoms with Crippen LogP contribution in [0.25, 0.3) is 10.2 Å². The average molecular weight is 316 g/mol. The molecular formula is C16H13FN2O2S. The monoisotopic (exact) mass is 316 g/mol. The molecule has 1 amide bonds. The number of thiazole rings is 1. The van der Waals surface area contributed by atoms with Crippen LogP contribution in [0.1, 0.15) is 5.56 Å². The summed E-state index contributed by atoms with van der Waals surface area (Å²) in [5, 5.41) is 3.26. The van der Waals surface area contributed by atoms with E-state index in [-0.39, 0.29) is 18.1 Å². The topological polar surface area (TPSA) is 51.2 Å². The molecule has 112 valence electrons. The Morgan fingerprint density at radius 3 is 2.95 bits per heavy atom. The molecule has 0 aliphatic rings. The highest BCUT2D eigenvalue weighted by Gasteiger charge is 2.09. The Bertz CT molecular complexity index is 832. The molecule has 0 unspecified atom stereocenters. The quantitative estimate of drug-likeness (QED) is 0.800. The summed E-state index contributed by atoms with van der Waals surface area (Å²) in [6.07, 6.45) is 0.108. The summed E-state index contributed by atoms with van der Waals surface area (Å²) in [6.45, 7) is 0. The fourth-order valence-corrected chi connectivity index (χ4v) is 2.99. The summed E-state index contributed by atoms with van der Waals surface area (Å²) in [5.41, 5.74) is 1.42. The van der Waals surface area contributed by atoms with Gasteiger partial charge in [0.05, 0.1) is 23.7 Å². The minimum Gasteiger partial charge on any atom is -0.497 e. The highest BCUT2D eigenvalue weighted by molar-refractivity contribution is 7.22. The number of halogens is 1. The van der Waals surface area contributed by atoms with Crippen molar-refractivity contribution in [1.82, 2.24) is 4.98 Å². The number of hydrogen-bond donors (Lipinski definition) is 1. The van der Waals surface area contributed by atoms with Crippen molar-refractivity contribution >= 4 is 32.6 Å². The normalized spacial score (nSPS) is 10.6. The number of nitrogens with one attached hydrogen (secondary N) is 1. The second-order valence-electron chi connectivity index (χ2n) is 4.71. The smallest absolute Gasteiger partial charge is 0.230 e. The van der Waals surface area contributed by atoms with E-state index < -0.39 is 0 Å². The number of aromatic nitrogens is 1. The molecular weight excluding hydrogens is 303 g/mol. The Hall–Kier alpha value is -2.47. The first-order valence-electron chi connectivity index (χ1n) is 6.63. The summed E-state index contributed by atoms with van der Waals surface area (Å²) in [4.78, 5) is 16.3. The van der Waals surface area contributed by atoms with Gasteiger partial charge in [-0.15, -0.1) is 0 Å². The molecule has 4 nitrogen and oxygen atoms in total. The number of carbonyl (C=O) groups is 1. The highest BCUT2D eigenvalue weighted by Crippen LogP contribution is 2.29. The lowest BCUT2D eigenvalue weighted by Gasteiger charge is -2.01. The van der Waals surface area contributed by atoms with Crippen LogP contribution in [0.5, 0.6) is 5.75 Å². The van der Waals surface area contributed by atoms with Crippen LogP contribution in [0.4, 0.5) is 9.52 Å². The maximum Gasteiger partial charge on any atom is 0.230 e. The molecule has 2 aromatic carbocycles. The first-order chi connectivity index (χ1) is 10.6. The van der Waals surface area contributed by atoms with Gasteiger partial charge in [0.15, 0.2) is 5.13 Å². The number of carbonyl (C=O) groups excluding carboxylic acids is 1. The zero-order valence-electron chi connectivity index (χ0n) is 11.8. The summed E-state index contributed by atoms with van der Waals surface area (Å²) >= 11 is 1.37. The molecule has 1 N–H and O–H groups in total. The van der Waals surface area contributed by atoms with E-state index in [0.717, 1.165) is 16.0 Å². The molecule has 3 aromatic rings. The van der Waals surface area contributed by atoms with Crippen molar-refractivity contribution in [2.24, 2.45) is 0 Å². The lowest BCUT2D eigenvalue weighted by atomic mass is 10.1. The summed E-state index contributed by atoms with van der Waals surface area (Å²) < 4.78 is 19.2. The van der Waals surface area contributed by atoms with Gasteiger partial charge in [-0.1, -0.05) is 23.5 Å². The van der Waals surface area contributed by atoms with Crippen LogP contribution in [0, 0.1) is 5.82 Å². The van der Waals surface area contributed by atoms with Gasteiger partial charge in [-0.05, 0) is 35.9 Å². The largest absolute Gasteiger partial charge is 0.497 e. The lowest BCUT2D eigenvalue weighted by molar-refractivity contribution is -0.115. The fraction of sp³-hybridized carbons (Fsp3) is 0.125. The van der Waals surface area contributed by atoms with Gasteiger partial charge in [0.2, 0.25) is 5.91 Å². The number of hydrogen-bond acceptors (Lipinski definition) is 4. The van der Waals surface area contributed by atoms with Crippen molar-refractivity contribution in [2.75, 3.05) is 12.4 Å². The van der Waals surface area contributed by atoms with Gasteiger partial charge >= 0.3 is 0 Å². The molecule has 1 aromatic heterocycles. The standard InChI is InChI=1S/C16H13FN2O2S/c1-21-12-5-6-13-14(9-12)22-16(18-13)19-15(20)8-10-3-2-4-11(17)7-10/h2-7,9H,8H2,1H3,(H,18,19,20). The minimum atomic E-state index is -0.350. The second-order valence-corrected chi connectivity index (χ2v) is 5.74. The van der Waals surface area contributed by atoms with Crippen LogP contribution >= 0.6 is 11.3 Å². The van der Waals surface area contributed by atoms with Gasteiger partial charge in [0, 0.05) is 0 Å². The highest BCUT2D eigenvalue weighted by atomic mass is 32.1. The predicted molar refractivity (Wildman–Crippen MR) is 84.9 cm³/mol. The maximum atomic E-state index is 13.1. The number of anilines is 1. The summed E-state index contributed by atoms with van der Waals surface area (Å²) in [6, 6.07) is 11.5. The second kappa shape index (κ2) is 6.11. The van der Waals surface area contributed by atoms with Crippen molar-refractivity contribution < 1.29 is 13.9 Å². The van der Waals surface area contributed by atoms with Crippen LogP contribution in [0.15, 0.2) is 42.5 Å². The fourth-order valence-electron chi connectivity index (χ4n) is 2.08. The third-order valence-corrected chi connectivity index (χ3v) is 4.03. The number of amides is 1. The maximum absolute atomic E-state index is 13.1. The Kier molecular flexibility index (Phi) is 4.02. The third-order valence-electron chi connectivity index (χ3n) is 3.10. The van der Waals surface area contributed by atoms with Gasteiger partial charge < -0.3 is 10.1 Å². The van der Waals surface area contributed by atoms with Crippen molar-refractivity contribution in [3.8, 4) is 5.75 Å². The van der Waals surface area contributed by atoms with Gasteiger partial charge in [0.25, 0.3) is 0 Å². The number of ether oxygens (including phenoxy) is 1. The first-order valence-corrected chi connectivity index (χ1v) is 7.44. The molecule has 1 heterocycles. The molecule has 0 atom stereocenters. The number of fused-ring (bicyclic) bond motifs is 1. The lowest BCUT2D eigenvalue weighted by Crippen LogP contribution is -2.14. The number of methoxy groups -OCH3 is 1. The van der Waals surface area contributed by atoms with E-state index in [0.29, 0.717) is 10.7 Å². The van der Waals surface area contributed by atoms with E-state index in [1.807, 2.05) is 18.2 Å². The summed E-state index contributed by atoms with van der Waals surface area (Å²) in [7, 11) is 1.60. The molecule has 0 bridgehead atoms. The van der Waals surface area contributed by atoms with Crippen LogP contribution < -0.4 is 10.1 Å². The molecule has 0 saturated carbocycles. The molecule has 22 heavy (non-hydrogen) atoms. The first kappa shape index (κ1) is 14.5. The van der Waals surface area contributed by atoms with Crippen molar-refractivity contribution in [3.63, 3.8) is 0 Å². The van der Waals surface area contributed by atoms with Crippen LogP contribution in [-0.2, 0) is 11.2 Å². The molecule has 0 spiro atoms. The Morgan fingerprint density at radius 1 is 1.32 bits per heavy atom. The molecule has 0 fully saturated rings. The van der Waals surface area contributed by atoms with E-state index in [2.05, 4.69) is 10.3 Å². The van der Waals surface area contributed by atoms with Crippen molar-refractivity contribution in [3.05, 3.63) is 53.8 Å². The summed E-state index contributed by atoms with van der Waals surface area (Å²) in [5.74, 6) is 0.169.